The molecular formula is C16H24. The Bertz CT molecular complexity index is 329. The lowest BCUT2D eigenvalue weighted by atomic mass is 10.2. The fourth-order valence-corrected chi connectivity index (χ4v) is 1.19. The summed E-state index contributed by atoms with van der Waals surface area (Å²) in [5, 5.41) is 0. The SMILES string of the molecule is CC/C=C(C)/C=C/C=C(C)/C=C/C=C(C)C. The Morgan fingerprint density at radius 1 is 0.812 bits per heavy atom. The van der Waals surface area contributed by atoms with E-state index < -0.39 is 0 Å². The van der Waals surface area contributed by atoms with Crippen LogP contribution in [0.15, 0.2) is 59.3 Å². The van der Waals surface area contributed by atoms with Gasteiger partial charge < -0.3 is 0 Å². The van der Waals surface area contributed by atoms with Gasteiger partial charge in [0.1, 0.15) is 0 Å². The van der Waals surface area contributed by atoms with Crippen molar-refractivity contribution in [3.8, 4) is 0 Å². The van der Waals surface area contributed by atoms with Crippen molar-refractivity contribution in [2.24, 2.45) is 0 Å². The van der Waals surface area contributed by atoms with Crippen molar-refractivity contribution in [1.29, 1.82) is 0 Å². The van der Waals surface area contributed by atoms with E-state index in [2.05, 4.69) is 77.2 Å². The van der Waals surface area contributed by atoms with Gasteiger partial charge in [-0.15, -0.1) is 0 Å². The predicted molar refractivity (Wildman–Crippen MR) is 75.5 cm³/mol. The van der Waals surface area contributed by atoms with Crippen LogP contribution in [0.2, 0.25) is 0 Å². The summed E-state index contributed by atoms with van der Waals surface area (Å²) in [6.45, 7) is 10.6. The van der Waals surface area contributed by atoms with Crippen LogP contribution in [0.1, 0.15) is 41.0 Å². The maximum atomic E-state index is 2.22. The molecule has 0 aromatic rings. The van der Waals surface area contributed by atoms with Gasteiger partial charge in [-0.2, -0.15) is 0 Å². The second-order valence-electron chi connectivity index (χ2n) is 4.23. The molecule has 0 bridgehead atoms. The Hall–Kier alpha value is -1.30. The van der Waals surface area contributed by atoms with Gasteiger partial charge in [0.2, 0.25) is 0 Å². The van der Waals surface area contributed by atoms with Crippen LogP contribution in [0.4, 0.5) is 0 Å². The second-order valence-corrected chi connectivity index (χ2v) is 4.23. The fraction of sp³-hybridized carbons (Fsp3) is 0.375. The molecule has 0 aliphatic heterocycles. The molecule has 0 unspecified atom stereocenters. The molecule has 0 saturated heterocycles. The largest absolute Gasteiger partial charge is 0.0819 e. The molecule has 0 rings (SSSR count). The summed E-state index contributed by atoms with van der Waals surface area (Å²) in [5.41, 5.74) is 3.90. The van der Waals surface area contributed by atoms with Crippen molar-refractivity contribution < 1.29 is 0 Å². The molecule has 0 nitrogen and oxygen atoms in total. The lowest BCUT2D eigenvalue weighted by Gasteiger charge is -1.90. The minimum atomic E-state index is 1.10. The fourth-order valence-electron chi connectivity index (χ4n) is 1.19. The van der Waals surface area contributed by atoms with Gasteiger partial charge in [0, 0.05) is 0 Å². The summed E-state index contributed by atoms with van der Waals surface area (Å²) in [5.74, 6) is 0. The van der Waals surface area contributed by atoms with Crippen molar-refractivity contribution in [2.45, 2.75) is 41.0 Å². The summed E-state index contributed by atoms with van der Waals surface area (Å²) >= 11 is 0. The summed E-state index contributed by atoms with van der Waals surface area (Å²) in [4.78, 5) is 0. The smallest absolute Gasteiger partial charge is 0.0374 e. The van der Waals surface area contributed by atoms with Gasteiger partial charge >= 0.3 is 0 Å². The van der Waals surface area contributed by atoms with E-state index >= 15 is 0 Å². The summed E-state index contributed by atoms with van der Waals surface area (Å²) in [6, 6.07) is 0. The van der Waals surface area contributed by atoms with Crippen LogP contribution in [0, 0.1) is 0 Å². The van der Waals surface area contributed by atoms with E-state index in [1.807, 2.05) is 0 Å². The van der Waals surface area contributed by atoms with E-state index in [4.69, 9.17) is 0 Å². The van der Waals surface area contributed by atoms with Gasteiger partial charge in [0.25, 0.3) is 0 Å². The molecule has 0 aliphatic carbocycles. The Morgan fingerprint density at radius 3 is 1.94 bits per heavy atom. The van der Waals surface area contributed by atoms with Crippen LogP contribution in [0.5, 0.6) is 0 Å². The lowest BCUT2D eigenvalue weighted by molar-refractivity contribution is 1.20. The van der Waals surface area contributed by atoms with E-state index in [-0.39, 0.29) is 0 Å². The van der Waals surface area contributed by atoms with E-state index in [1.165, 1.54) is 16.7 Å². The van der Waals surface area contributed by atoms with Crippen molar-refractivity contribution in [2.75, 3.05) is 0 Å². The van der Waals surface area contributed by atoms with Gasteiger partial charge in [0.05, 0.1) is 0 Å². The number of allylic oxidation sites excluding steroid dienone is 10. The zero-order valence-electron chi connectivity index (χ0n) is 11.2. The number of rotatable bonds is 5. The van der Waals surface area contributed by atoms with E-state index in [0.717, 1.165) is 6.42 Å². The molecule has 0 heterocycles. The molecule has 0 N–H and O–H groups in total. The van der Waals surface area contributed by atoms with Crippen molar-refractivity contribution >= 4 is 0 Å². The molecule has 0 fully saturated rings. The van der Waals surface area contributed by atoms with E-state index in [9.17, 15) is 0 Å². The molecule has 0 amide bonds. The average molecular weight is 216 g/mol. The number of hydrogen-bond donors (Lipinski definition) is 0. The first-order valence-corrected chi connectivity index (χ1v) is 5.89. The predicted octanol–water partition coefficient (Wildman–Crippen LogP) is 5.37. The Morgan fingerprint density at radius 2 is 1.38 bits per heavy atom. The molecular weight excluding hydrogens is 192 g/mol. The van der Waals surface area contributed by atoms with Gasteiger partial charge in [-0.1, -0.05) is 66.2 Å². The maximum Gasteiger partial charge on any atom is -0.0374 e. The third-order valence-corrected chi connectivity index (χ3v) is 2.03. The molecule has 0 radical (unpaired) electrons. The van der Waals surface area contributed by atoms with E-state index in [0.29, 0.717) is 0 Å². The van der Waals surface area contributed by atoms with Gasteiger partial charge in [-0.05, 0) is 34.1 Å². The third kappa shape index (κ3) is 9.26. The first-order valence-electron chi connectivity index (χ1n) is 5.89. The van der Waals surface area contributed by atoms with Crippen molar-refractivity contribution in [3.05, 3.63) is 59.3 Å². The molecule has 0 saturated carbocycles. The maximum absolute atomic E-state index is 2.22. The Labute approximate surface area is 101 Å². The van der Waals surface area contributed by atoms with Gasteiger partial charge in [-0.25, -0.2) is 0 Å². The number of hydrogen-bond acceptors (Lipinski definition) is 0. The minimum absolute atomic E-state index is 1.10. The zero-order chi connectivity index (χ0) is 12.4. The van der Waals surface area contributed by atoms with E-state index in [1.54, 1.807) is 0 Å². The highest BCUT2D eigenvalue weighted by Crippen LogP contribution is 2.01. The summed E-state index contributed by atoms with van der Waals surface area (Å²) in [6.07, 6.45) is 16.0. The monoisotopic (exact) mass is 216 g/mol. The van der Waals surface area contributed by atoms with Crippen LogP contribution >= 0.6 is 0 Å². The highest BCUT2D eigenvalue weighted by Gasteiger charge is 1.80. The van der Waals surface area contributed by atoms with Crippen LogP contribution in [0.25, 0.3) is 0 Å². The molecule has 16 heavy (non-hydrogen) atoms. The molecule has 0 aliphatic rings. The molecule has 0 spiro atoms. The summed E-state index contributed by atoms with van der Waals surface area (Å²) in [7, 11) is 0. The zero-order valence-corrected chi connectivity index (χ0v) is 11.2. The molecule has 0 aromatic carbocycles. The second kappa shape index (κ2) is 8.96. The standard InChI is InChI=1S/C16H24/c1-6-9-15(4)12-8-13-16(5)11-7-10-14(2)3/h7-13H,6H2,1-5H3/b11-7+,12-8+,15-9+,16-13+. The highest BCUT2D eigenvalue weighted by atomic mass is 13.9. The molecule has 0 heteroatoms. The lowest BCUT2D eigenvalue weighted by Crippen LogP contribution is -1.69. The Balaban J connectivity index is 4.30. The first-order chi connectivity index (χ1) is 7.56. The van der Waals surface area contributed by atoms with Crippen molar-refractivity contribution in [1.82, 2.24) is 0 Å². The Kier molecular flexibility index (Phi) is 8.24. The molecule has 0 atom stereocenters. The van der Waals surface area contributed by atoms with Crippen LogP contribution < -0.4 is 0 Å². The van der Waals surface area contributed by atoms with Crippen LogP contribution in [-0.4, -0.2) is 0 Å². The first kappa shape index (κ1) is 14.7. The third-order valence-electron chi connectivity index (χ3n) is 2.03. The van der Waals surface area contributed by atoms with Crippen LogP contribution in [-0.2, 0) is 0 Å². The van der Waals surface area contributed by atoms with Gasteiger partial charge in [0.15, 0.2) is 0 Å². The molecule has 88 valence electrons. The summed E-state index contributed by atoms with van der Waals surface area (Å²) < 4.78 is 0. The minimum Gasteiger partial charge on any atom is -0.0819 e. The van der Waals surface area contributed by atoms with Gasteiger partial charge in [-0.3, -0.25) is 0 Å². The van der Waals surface area contributed by atoms with Crippen molar-refractivity contribution in [3.63, 3.8) is 0 Å². The normalized spacial score (nSPS) is 13.8. The molecule has 0 aromatic heterocycles. The highest BCUT2D eigenvalue weighted by molar-refractivity contribution is 5.28. The average Bonchev–Trinajstić information content (AvgIpc) is 2.17. The van der Waals surface area contributed by atoms with Crippen LogP contribution in [0.3, 0.4) is 0 Å². The quantitative estimate of drug-likeness (QED) is 0.542. The topological polar surface area (TPSA) is 0 Å².